The van der Waals surface area contributed by atoms with Crippen LogP contribution in [0.25, 0.3) is 0 Å². The molecule has 9 heteroatoms. The van der Waals surface area contributed by atoms with Crippen LogP contribution in [0.1, 0.15) is 38.3 Å². The van der Waals surface area contributed by atoms with E-state index in [2.05, 4.69) is 26.5 Å². The second kappa shape index (κ2) is 8.83. The number of ketones is 2. The number of carbonyl (C=O) groups excluding carboxylic acids is 2. The van der Waals surface area contributed by atoms with Gasteiger partial charge in [0.05, 0.1) is 33.3 Å². The smallest absolute Gasteiger partial charge is 0.384 e. The molecule has 0 spiro atoms. The van der Waals surface area contributed by atoms with E-state index in [1.54, 1.807) is 30.3 Å². The molecular formula is C20H25N2O6S+. The average molecular weight is 421 g/mol. The van der Waals surface area contributed by atoms with Crippen molar-refractivity contribution in [1.82, 2.24) is 0 Å². The van der Waals surface area contributed by atoms with E-state index >= 15 is 0 Å². The molecule has 0 aromatic heterocycles. The molecule has 0 aliphatic heterocycles. The number of carbonyl (C=O) groups is 2. The monoisotopic (exact) mass is 421 g/mol. The van der Waals surface area contributed by atoms with E-state index in [9.17, 15) is 9.59 Å². The zero-order valence-corrected chi connectivity index (χ0v) is 17.4. The van der Waals surface area contributed by atoms with Crippen LogP contribution in [0.5, 0.6) is 0 Å². The Morgan fingerprint density at radius 1 is 0.862 bits per heavy atom. The number of rotatable bonds is 5. The molecule has 156 valence electrons. The maximum atomic E-state index is 12.9. The van der Waals surface area contributed by atoms with Crippen molar-refractivity contribution in [2.75, 3.05) is 39.5 Å². The third-order valence-corrected chi connectivity index (χ3v) is 4.27. The zero-order chi connectivity index (χ0) is 21.8. The van der Waals surface area contributed by atoms with Crippen molar-refractivity contribution in [3.05, 3.63) is 64.7 Å². The lowest BCUT2D eigenvalue weighted by Crippen LogP contribution is -2.36. The van der Waals surface area contributed by atoms with Gasteiger partial charge in [0, 0.05) is 35.3 Å². The van der Waals surface area contributed by atoms with Gasteiger partial charge in [-0.15, -0.1) is 0 Å². The van der Waals surface area contributed by atoms with Gasteiger partial charge in [0.1, 0.15) is 0 Å². The maximum Gasteiger partial charge on any atom is 0.394 e. The highest BCUT2D eigenvalue weighted by Gasteiger charge is 2.31. The topological polar surface area (TPSA) is 121 Å². The Morgan fingerprint density at radius 3 is 1.93 bits per heavy atom. The van der Waals surface area contributed by atoms with Crippen LogP contribution in [0.2, 0.25) is 0 Å². The molecule has 2 aromatic rings. The standard InChI is InChI=1S/C20H22N2O2.H2O4S/c1-22(2,3)13-7-12-21-17-11-6-10-16-18(17)20(24)15-9-5-4-8-14(15)19(16)23;1-5(2,3)4/h4-6,8-11H,7,12-13H2,1-3H3;(H2,1,2,3,4)/p+1. The van der Waals surface area contributed by atoms with Gasteiger partial charge < -0.3 is 9.80 Å². The Labute approximate surface area is 170 Å². The molecule has 3 rings (SSSR count). The minimum atomic E-state index is -4.67. The number of nitrogens with zero attached hydrogens (tertiary/aromatic N) is 1. The molecule has 0 saturated heterocycles. The molecule has 2 aromatic carbocycles. The van der Waals surface area contributed by atoms with Crippen LogP contribution in [0.3, 0.4) is 0 Å². The summed E-state index contributed by atoms with van der Waals surface area (Å²) < 4.78 is 32.5. The predicted octanol–water partition coefficient (Wildman–Crippen LogP) is 2.32. The summed E-state index contributed by atoms with van der Waals surface area (Å²) in [4.78, 5) is 25.6. The van der Waals surface area contributed by atoms with E-state index in [0.717, 1.165) is 29.7 Å². The Bertz CT molecular complexity index is 1020. The van der Waals surface area contributed by atoms with Crippen molar-refractivity contribution in [1.29, 1.82) is 0 Å². The molecule has 0 amide bonds. The van der Waals surface area contributed by atoms with E-state index in [1.807, 2.05) is 12.1 Å². The molecule has 0 saturated carbocycles. The van der Waals surface area contributed by atoms with Crippen LogP contribution in [0.4, 0.5) is 5.69 Å². The summed E-state index contributed by atoms with van der Waals surface area (Å²) in [6.07, 6.45) is 0.992. The molecule has 0 fully saturated rings. The molecule has 1 aliphatic carbocycles. The normalized spacial score (nSPS) is 13.1. The Kier molecular flexibility index (Phi) is 6.91. The number of fused-ring (bicyclic) bond motifs is 2. The SMILES string of the molecule is C[N+](C)(C)CCCNc1cccc2c1C(=O)c1ccccc1C2=O.O=S(=O)(O)O. The van der Waals surface area contributed by atoms with E-state index in [0.29, 0.717) is 22.3 Å². The van der Waals surface area contributed by atoms with Crippen LogP contribution in [0.15, 0.2) is 42.5 Å². The van der Waals surface area contributed by atoms with Crippen LogP contribution in [-0.4, -0.2) is 67.8 Å². The second-order valence-corrected chi connectivity index (χ2v) is 8.57. The average Bonchev–Trinajstić information content (AvgIpc) is 2.61. The van der Waals surface area contributed by atoms with Gasteiger partial charge in [-0.25, -0.2) is 0 Å². The van der Waals surface area contributed by atoms with E-state index in [-0.39, 0.29) is 11.6 Å². The summed E-state index contributed by atoms with van der Waals surface area (Å²) in [5.74, 6) is -0.148. The highest BCUT2D eigenvalue weighted by atomic mass is 32.3. The zero-order valence-electron chi connectivity index (χ0n) is 16.5. The van der Waals surface area contributed by atoms with Gasteiger partial charge in [-0.2, -0.15) is 8.42 Å². The van der Waals surface area contributed by atoms with E-state index in [1.165, 1.54) is 0 Å². The third-order valence-electron chi connectivity index (χ3n) is 4.27. The van der Waals surface area contributed by atoms with Crippen molar-refractivity contribution in [2.24, 2.45) is 0 Å². The molecule has 1 aliphatic rings. The first-order valence-corrected chi connectivity index (χ1v) is 10.3. The molecule has 3 N–H and O–H groups in total. The van der Waals surface area contributed by atoms with Crippen molar-refractivity contribution in [2.45, 2.75) is 6.42 Å². The summed E-state index contributed by atoms with van der Waals surface area (Å²) in [5, 5.41) is 3.34. The van der Waals surface area contributed by atoms with Crippen LogP contribution >= 0.6 is 0 Å². The fraction of sp³-hybridized carbons (Fsp3) is 0.300. The lowest BCUT2D eigenvalue weighted by molar-refractivity contribution is -0.870. The Morgan fingerprint density at radius 2 is 1.38 bits per heavy atom. The van der Waals surface area contributed by atoms with E-state index in [4.69, 9.17) is 17.5 Å². The third kappa shape index (κ3) is 6.47. The lowest BCUT2D eigenvalue weighted by atomic mass is 9.83. The fourth-order valence-corrected chi connectivity index (χ4v) is 3.07. The lowest BCUT2D eigenvalue weighted by Gasteiger charge is -2.24. The van der Waals surface area contributed by atoms with Gasteiger partial charge in [0.15, 0.2) is 11.6 Å². The molecule has 8 nitrogen and oxygen atoms in total. The molecule has 0 radical (unpaired) electrons. The van der Waals surface area contributed by atoms with Gasteiger partial charge in [0.25, 0.3) is 0 Å². The minimum absolute atomic E-state index is 0.0739. The van der Waals surface area contributed by atoms with Crippen LogP contribution in [0, 0.1) is 0 Å². The second-order valence-electron chi connectivity index (χ2n) is 7.67. The van der Waals surface area contributed by atoms with Crippen molar-refractivity contribution in [3.63, 3.8) is 0 Å². The summed E-state index contributed by atoms with van der Waals surface area (Å²) in [5.41, 5.74) is 2.75. The minimum Gasteiger partial charge on any atom is -0.384 e. The van der Waals surface area contributed by atoms with Crippen molar-refractivity contribution >= 4 is 27.7 Å². The molecule has 0 bridgehead atoms. The Hall–Kier alpha value is -2.59. The number of anilines is 1. The highest BCUT2D eigenvalue weighted by Crippen LogP contribution is 2.31. The van der Waals surface area contributed by atoms with Gasteiger partial charge in [-0.05, 0) is 6.07 Å². The van der Waals surface area contributed by atoms with Crippen LogP contribution in [-0.2, 0) is 10.4 Å². The van der Waals surface area contributed by atoms with Crippen LogP contribution < -0.4 is 5.32 Å². The van der Waals surface area contributed by atoms with E-state index < -0.39 is 10.4 Å². The summed E-state index contributed by atoms with van der Waals surface area (Å²) in [6, 6.07) is 12.5. The number of benzene rings is 2. The highest BCUT2D eigenvalue weighted by molar-refractivity contribution is 7.79. The predicted molar refractivity (Wildman–Crippen MR) is 110 cm³/mol. The maximum absolute atomic E-state index is 12.9. The molecular weight excluding hydrogens is 396 g/mol. The number of hydrogen-bond acceptors (Lipinski definition) is 5. The Balaban J connectivity index is 0.000000537. The van der Waals surface area contributed by atoms with Gasteiger partial charge in [-0.3, -0.25) is 18.7 Å². The molecule has 0 atom stereocenters. The van der Waals surface area contributed by atoms with Gasteiger partial charge in [0.2, 0.25) is 0 Å². The summed E-state index contributed by atoms with van der Waals surface area (Å²) in [7, 11) is 1.80. The van der Waals surface area contributed by atoms with Crippen molar-refractivity contribution < 1.29 is 31.6 Å². The quantitative estimate of drug-likeness (QED) is 0.328. The van der Waals surface area contributed by atoms with Crippen molar-refractivity contribution in [3.8, 4) is 0 Å². The van der Waals surface area contributed by atoms with Gasteiger partial charge in [-0.1, -0.05) is 36.4 Å². The number of hydrogen-bond donors (Lipinski definition) is 3. The molecule has 29 heavy (non-hydrogen) atoms. The molecule has 0 unspecified atom stereocenters. The molecule has 0 heterocycles. The first-order chi connectivity index (χ1) is 13.4. The summed E-state index contributed by atoms with van der Waals surface area (Å²) >= 11 is 0. The number of nitrogens with one attached hydrogen (secondary N) is 1. The number of quaternary nitrogens is 1. The summed E-state index contributed by atoms with van der Waals surface area (Å²) in [6.45, 7) is 1.81. The first kappa shape index (κ1) is 22.7. The first-order valence-electron chi connectivity index (χ1n) is 8.94. The fourth-order valence-electron chi connectivity index (χ4n) is 3.07. The largest absolute Gasteiger partial charge is 0.394 e. The van der Waals surface area contributed by atoms with Gasteiger partial charge >= 0.3 is 10.4 Å².